The molecule has 1 aliphatic heterocycles. The molecule has 1 nitrogen and oxygen atoms in total. The molecule has 0 amide bonds. The third-order valence-corrected chi connectivity index (χ3v) is 2.40. The molecule has 0 spiro atoms. The van der Waals surface area contributed by atoms with Crippen molar-refractivity contribution in [2.75, 3.05) is 20.1 Å². The molecule has 1 rings (SSSR count). The van der Waals surface area contributed by atoms with Gasteiger partial charge in [-0.05, 0) is 25.7 Å². The van der Waals surface area contributed by atoms with Crippen molar-refractivity contribution in [1.29, 1.82) is 0 Å². The van der Waals surface area contributed by atoms with Crippen LogP contribution >= 0.6 is 0 Å². The van der Waals surface area contributed by atoms with E-state index in [0.29, 0.717) is 0 Å². The molecule has 0 unspecified atom stereocenters. The van der Waals surface area contributed by atoms with E-state index in [1.54, 1.807) is 0 Å². The molecule has 0 aromatic heterocycles. The van der Waals surface area contributed by atoms with Crippen LogP contribution in [0.4, 0.5) is 0 Å². The second-order valence-corrected chi connectivity index (χ2v) is 3.83. The largest absolute Gasteiger partial charge is 0.321 e. The highest BCUT2D eigenvalue weighted by Gasteiger charge is 2.15. The lowest BCUT2D eigenvalue weighted by Crippen LogP contribution is -2.39. The summed E-state index contributed by atoms with van der Waals surface area (Å²) in [7, 11) is 6.41. The van der Waals surface area contributed by atoms with Crippen LogP contribution < -0.4 is 0 Å². The molecule has 1 aliphatic rings. The summed E-state index contributed by atoms with van der Waals surface area (Å²) in [5.74, 6) is 0. The van der Waals surface area contributed by atoms with Crippen molar-refractivity contribution in [2.45, 2.75) is 32.1 Å². The van der Waals surface area contributed by atoms with Crippen LogP contribution in [-0.2, 0) is 0 Å². The lowest BCUT2D eigenvalue weighted by Gasteiger charge is -2.30. The Balaban J connectivity index is 2.30. The van der Waals surface area contributed by atoms with E-state index in [1.807, 2.05) is 0 Å². The molecule has 1 heterocycles. The SMILES string of the molecule is [CH2][N+]1(C)CCCCCCC1. The first-order chi connectivity index (χ1) is 4.71. The van der Waals surface area contributed by atoms with Crippen molar-refractivity contribution in [3.63, 3.8) is 0 Å². The van der Waals surface area contributed by atoms with Crippen LogP contribution in [0.15, 0.2) is 0 Å². The van der Waals surface area contributed by atoms with Gasteiger partial charge in [0.15, 0.2) is 0 Å². The second-order valence-electron chi connectivity index (χ2n) is 3.83. The predicted molar refractivity (Wildman–Crippen MR) is 44.4 cm³/mol. The number of hydrogen-bond donors (Lipinski definition) is 0. The Bertz CT molecular complexity index is 86.9. The molecule has 0 aliphatic carbocycles. The average Bonchev–Trinajstić information content (AvgIpc) is 1.81. The lowest BCUT2D eigenvalue weighted by molar-refractivity contribution is -0.867. The van der Waals surface area contributed by atoms with Crippen LogP contribution in [0.25, 0.3) is 0 Å². The van der Waals surface area contributed by atoms with E-state index in [2.05, 4.69) is 14.1 Å². The summed E-state index contributed by atoms with van der Waals surface area (Å²) in [6.45, 7) is 2.56. The third kappa shape index (κ3) is 2.70. The topological polar surface area (TPSA) is 0 Å². The zero-order valence-corrected chi connectivity index (χ0v) is 7.10. The van der Waals surface area contributed by atoms with Gasteiger partial charge in [0.25, 0.3) is 0 Å². The van der Waals surface area contributed by atoms with Crippen molar-refractivity contribution >= 4 is 0 Å². The average molecular weight is 141 g/mol. The molecule has 59 valence electrons. The van der Waals surface area contributed by atoms with Crippen molar-refractivity contribution < 1.29 is 4.48 Å². The van der Waals surface area contributed by atoms with Crippen molar-refractivity contribution in [3.05, 3.63) is 7.05 Å². The van der Waals surface area contributed by atoms with E-state index in [4.69, 9.17) is 0 Å². The number of rotatable bonds is 0. The highest BCUT2D eigenvalue weighted by Crippen LogP contribution is 2.13. The zero-order valence-electron chi connectivity index (χ0n) is 7.10. The highest BCUT2D eigenvalue weighted by atomic mass is 15.3. The van der Waals surface area contributed by atoms with Crippen molar-refractivity contribution in [3.8, 4) is 0 Å². The summed E-state index contributed by atoms with van der Waals surface area (Å²) < 4.78 is 1.00. The number of hydrogen-bond acceptors (Lipinski definition) is 0. The Hall–Kier alpha value is -0.0400. The Labute approximate surface area is 64.6 Å². The maximum Gasteiger partial charge on any atom is 0.128 e. The quantitative estimate of drug-likeness (QED) is 0.454. The molecule has 10 heavy (non-hydrogen) atoms. The summed E-state index contributed by atoms with van der Waals surface area (Å²) >= 11 is 0. The van der Waals surface area contributed by atoms with E-state index in [0.717, 1.165) is 4.48 Å². The van der Waals surface area contributed by atoms with Crippen LogP contribution in [0.1, 0.15) is 32.1 Å². The van der Waals surface area contributed by atoms with Gasteiger partial charge in [-0.25, -0.2) is 0 Å². The fourth-order valence-corrected chi connectivity index (χ4v) is 1.63. The minimum absolute atomic E-state index is 1.00. The van der Waals surface area contributed by atoms with Crippen LogP contribution in [0.5, 0.6) is 0 Å². The Morgan fingerprint density at radius 1 is 0.900 bits per heavy atom. The first kappa shape index (κ1) is 8.06. The number of quaternary nitrogens is 1. The number of nitrogens with zero attached hydrogens (tertiary/aromatic N) is 1. The fraction of sp³-hybridized carbons (Fsp3) is 0.889. The zero-order chi connectivity index (χ0) is 7.45. The molecule has 0 bridgehead atoms. The number of likely N-dealkylation sites (tertiary alicyclic amines) is 1. The van der Waals surface area contributed by atoms with Crippen molar-refractivity contribution in [2.24, 2.45) is 0 Å². The van der Waals surface area contributed by atoms with Gasteiger partial charge < -0.3 is 4.48 Å². The van der Waals surface area contributed by atoms with Gasteiger partial charge in [0.1, 0.15) is 7.05 Å². The molecule has 0 saturated carbocycles. The van der Waals surface area contributed by atoms with Gasteiger partial charge in [-0.3, -0.25) is 0 Å². The Kier molecular flexibility index (Phi) is 2.72. The first-order valence-corrected chi connectivity index (χ1v) is 4.40. The summed E-state index contributed by atoms with van der Waals surface area (Å²) in [6.07, 6.45) is 7.03. The third-order valence-electron chi connectivity index (χ3n) is 2.40. The minimum Gasteiger partial charge on any atom is -0.321 e. The maximum absolute atomic E-state index is 4.17. The maximum atomic E-state index is 4.17. The summed E-state index contributed by atoms with van der Waals surface area (Å²) in [5.41, 5.74) is 0. The van der Waals surface area contributed by atoms with Crippen LogP contribution in [0.3, 0.4) is 0 Å². The molecule has 0 aromatic rings. The Morgan fingerprint density at radius 2 is 1.30 bits per heavy atom. The van der Waals surface area contributed by atoms with E-state index < -0.39 is 0 Å². The first-order valence-electron chi connectivity index (χ1n) is 4.40. The van der Waals surface area contributed by atoms with Gasteiger partial charge in [0, 0.05) is 0 Å². The van der Waals surface area contributed by atoms with E-state index >= 15 is 0 Å². The molecule has 1 heteroatoms. The summed E-state index contributed by atoms with van der Waals surface area (Å²) in [6, 6.07) is 0. The van der Waals surface area contributed by atoms with Gasteiger partial charge in [0.2, 0.25) is 0 Å². The molecule has 0 atom stereocenters. The molecule has 0 N–H and O–H groups in total. The lowest BCUT2D eigenvalue weighted by atomic mass is 10.1. The van der Waals surface area contributed by atoms with Gasteiger partial charge >= 0.3 is 0 Å². The van der Waals surface area contributed by atoms with E-state index in [-0.39, 0.29) is 0 Å². The molecular formula is C9H19N+. The Morgan fingerprint density at radius 3 is 1.80 bits per heavy atom. The minimum atomic E-state index is 1.00. The van der Waals surface area contributed by atoms with Crippen LogP contribution in [0.2, 0.25) is 0 Å². The summed E-state index contributed by atoms with van der Waals surface area (Å²) in [5, 5.41) is 0. The van der Waals surface area contributed by atoms with Gasteiger partial charge in [-0.2, -0.15) is 0 Å². The molecular weight excluding hydrogens is 122 g/mol. The molecule has 1 radical (unpaired) electrons. The predicted octanol–water partition coefficient (Wildman–Crippen LogP) is 2.19. The summed E-state index contributed by atoms with van der Waals surface area (Å²) in [4.78, 5) is 0. The van der Waals surface area contributed by atoms with Crippen LogP contribution in [-0.4, -0.2) is 24.6 Å². The van der Waals surface area contributed by atoms with Crippen molar-refractivity contribution in [1.82, 2.24) is 0 Å². The van der Waals surface area contributed by atoms with E-state index in [1.165, 1.54) is 45.2 Å². The van der Waals surface area contributed by atoms with Crippen LogP contribution in [0, 0.1) is 7.05 Å². The normalized spacial score (nSPS) is 27.0. The highest BCUT2D eigenvalue weighted by molar-refractivity contribution is 4.50. The van der Waals surface area contributed by atoms with Gasteiger partial charge in [-0.15, -0.1) is 0 Å². The molecule has 1 fully saturated rings. The standard InChI is InChI=1S/C9H19N/c1-10(2)8-6-4-3-5-7-9-10/h1,3-9H2,2H3/q+1. The van der Waals surface area contributed by atoms with E-state index in [9.17, 15) is 0 Å². The monoisotopic (exact) mass is 141 g/mol. The van der Waals surface area contributed by atoms with Gasteiger partial charge in [0.05, 0.1) is 20.1 Å². The van der Waals surface area contributed by atoms with Gasteiger partial charge in [-0.1, -0.05) is 6.42 Å². The smallest absolute Gasteiger partial charge is 0.128 e. The molecule has 1 saturated heterocycles. The fourth-order valence-electron chi connectivity index (χ4n) is 1.63. The molecule has 0 aromatic carbocycles. The second kappa shape index (κ2) is 3.38.